The molecule has 0 bridgehead atoms. The molecule has 1 atom stereocenters. The molecule has 1 aliphatic heterocycles. The average Bonchev–Trinajstić information content (AvgIpc) is 2.67. The summed E-state index contributed by atoms with van der Waals surface area (Å²) < 4.78 is 23.0. The normalized spacial score (nSPS) is 16.0. The Bertz CT molecular complexity index is 953. The topological polar surface area (TPSA) is 95.7 Å². The summed E-state index contributed by atoms with van der Waals surface area (Å²) in [5.41, 5.74) is 3.08. The molecule has 2 aromatic rings. The van der Waals surface area contributed by atoms with Crippen molar-refractivity contribution in [3.8, 4) is 0 Å². The molecule has 1 saturated heterocycles. The molecule has 0 saturated carbocycles. The standard InChI is InChI=1S/C20H26N4O3S/c1-15-5-3-7-18(13-15)23-9-11-24(12-10-23)20(25)22-16(2)17-6-4-8-19(14-17)28(21,26)27/h3-8,13-14,16H,9-12H2,1-2H3,(H,22,25)(H2,21,26,27). The van der Waals surface area contributed by atoms with E-state index in [4.69, 9.17) is 5.14 Å². The number of amides is 2. The first-order valence-corrected chi connectivity index (χ1v) is 10.8. The van der Waals surface area contributed by atoms with Crippen LogP contribution in [-0.2, 0) is 10.0 Å². The van der Waals surface area contributed by atoms with Crippen molar-refractivity contribution < 1.29 is 13.2 Å². The van der Waals surface area contributed by atoms with Gasteiger partial charge in [-0.1, -0.05) is 24.3 Å². The van der Waals surface area contributed by atoms with E-state index in [0.29, 0.717) is 18.7 Å². The first-order valence-electron chi connectivity index (χ1n) is 9.24. The van der Waals surface area contributed by atoms with Crippen molar-refractivity contribution in [3.63, 3.8) is 0 Å². The van der Waals surface area contributed by atoms with E-state index in [1.54, 1.807) is 17.0 Å². The number of aryl methyl sites for hydroxylation is 1. The second kappa shape index (κ2) is 8.20. The molecule has 2 aromatic carbocycles. The molecule has 1 fully saturated rings. The second-order valence-electron chi connectivity index (χ2n) is 7.10. The van der Waals surface area contributed by atoms with Crippen LogP contribution in [0.4, 0.5) is 10.5 Å². The van der Waals surface area contributed by atoms with Gasteiger partial charge in [0.25, 0.3) is 0 Å². The lowest BCUT2D eigenvalue weighted by Crippen LogP contribution is -2.52. The van der Waals surface area contributed by atoms with Gasteiger partial charge in [0.05, 0.1) is 10.9 Å². The molecule has 0 radical (unpaired) electrons. The molecule has 3 N–H and O–H groups in total. The van der Waals surface area contributed by atoms with Crippen LogP contribution in [0, 0.1) is 6.92 Å². The van der Waals surface area contributed by atoms with Gasteiger partial charge in [0.1, 0.15) is 0 Å². The van der Waals surface area contributed by atoms with Crippen molar-refractivity contribution in [2.24, 2.45) is 5.14 Å². The van der Waals surface area contributed by atoms with E-state index in [2.05, 4.69) is 35.3 Å². The van der Waals surface area contributed by atoms with Gasteiger partial charge in [-0.05, 0) is 49.2 Å². The van der Waals surface area contributed by atoms with E-state index in [0.717, 1.165) is 13.1 Å². The highest BCUT2D eigenvalue weighted by molar-refractivity contribution is 7.89. The number of hydrogen-bond acceptors (Lipinski definition) is 4. The van der Waals surface area contributed by atoms with Gasteiger partial charge in [-0.25, -0.2) is 18.4 Å². The van der Waals surface area contributed by atoms with Crippen molar-refractivity contribution in [2.45, 2.75) is 24.8 Å². The number of nitrogens with one attached hydrogen (secondary N) is 1. The maximum Gasteiger partial charge on any atom is 0.317 e. The lowest BCUT2D eigenvalue weighted by atomic mass is 10.1. The Kier molecular flexibility index (Phi) is 5.90. The summed E-state index contributed by atoms with van der Waals surface area (Å²) in [7, 11) is -3.77. The number of primary sulfonamides is 1. The average molecular weight is 403 g/mol. The molecular weight excluding hydrogens is 376 g/mol. The van der Waals surface area contributed by atoms with Crippen LogP contribution in [-0.4, -0.2) is 45.5 Å². The SMILES string of the molecule is Cc1cccc(N2CCN(C(=O)NC(C)c3cccc(S(N)(=O)=O)c3)CC2)c1. The maximum absolute atomic E-state index is 12.6. The van der Waals surface area contributed by atoms with Crippen LogP contribution in [0.5, 0.6) is 0 Å². The van der Waals surface area contributed by atoms with Crippen molar-refractivity contribution in [1.82, 2.24) is 10.2 Å². The molecule has 1 unspecified atom stereocenters. The van der Waals surface area contributed by atoms with Gasteiger partial charge in [-0.3, -0.25) is 0 Å². The molecule has 0 aliphatic carbocycles. The number of piperazine rings is 1. The Labute approximate surface area is 166 Å². The highest BCUT2D eigenvalue weighted by atomic mass is 32.2. The second-order valence-corrected chi connectivity index (χ2v) is 8.66. The van der Waals surface area contributed by atoms with E-state index < -0.39 is 10.0 Å². The molecule has 8 heteroatoms. The van der Waals surface area contributed by atoms with Crippen molar-refractivity contribution in [3.05, 3.63) is 59.7 Å². The summed E-state index contributed by atoms with van der Waals surface area (Å²) in [4.78, 5) is 16.7. The van der Waals surface area contributed by atoms with Crippen LogP contribution in [0.15, 0.2) is 53.4 Å². The summed E-state index contributed by atoms with van der Waals surface area (Å²) in [6.07, 6.45) is 0. The fraction of sp³-hybridized carbons (Fsp3) is 0.350. The minimum atomic E-state index is -3.77. The Morgan fingerprint density at radius 3 is 2.39 bits per heavy atom. The summed E-state index contributed by atoms with van der Waals surface area (Å²) in [5.74, 6) is 0. The molecule has 0 spiro atoms. The Morgan fingerprint density at radius 1 is 1.07 bits per heavy atom. The van der Waals surface area contributed by atoms with Gasteiger partial charge < -0.3 is 15.1 Å². The fourth-order valence-electron chi connectivity index (χ4n) is 3.31. The smallest absolute Gasteiger partial charge is 0.317 e. The van der Waals surface area contributed by atoms with E-state index in [1.165, 1.54) is 23.4 Å². The molecule has 7 nitrogen and oxygen atoms in total. The summed E-state index contributed by atoms with van der Waals surface area (Å²) in [6.45, 7) is 6.69. The maximum atomic E-state index is 12.6. The number of rotatable bonds is 4. The first-order chi connectivity index (χ1) is 13.2. The minimum absolute atomic E-state index is 0.0397. The van der Waals surface area contributed by atoms with Gasteiger partial charge in [0.2, 0.25) is 10.0 Å². The zero-order chi connectivity index (χ0) is 20.3. The number of nitrogens with zero attached hydrogens (tertiary/aromatic N) is 2. The monoisotopic (exact) mass is 402 g/mol. The Hall–Kier alpha value is -2.58. The van der Waals surface area contributed by atoms with E-state index >= 15 is 0 Å². The number of carbonyl (C=O) groups excluding carboxylic acids is 1. The third kappa shape index (κ3) is 4.82. The summed E-state index contributed by atoms with van der Waals surface area (Å²) in [6, 6.07) is 14.2. The van der Waals surface area contributed by atoms with Crippen LogP contribution in [0.25, 0.3) is 0 Å². The molecule has 28 heavy (non-hydrogen) atoms. The van der Waals surface area contributed by atoms with Crippen LogP contribution in [0.3, 0.4) is 0 Å². The zero-order valence-corrected chi connectivity index (χ0v) is 16.9. The highest BCUT2D eigenvalue weighted by Crippen LogP contribution is 2.19. The van der Waals surface area contributed by atoms with Gasteiger partial charge in [-0.15, -0.1) is 0 Å². The van der Waals surface area contributed by atoms with Crippen LogP contribution >= 0.6 is 0 Å². The van der Waals surface area contributed by atoms with E-state index in [9.17, 15) is 13.2 Å². The number of hydrogen-bond donors (Lipinski definition) is 2. The molecule has 1 heterocycles. The summed E-state index contributed by atoms with van der Waals surface area (Å²) >= 11 is 0. The number of anilines is 1. The largest absolute Gasteiger partial charge is 0.368 e. The predicted octanol–water partition coefficient (Wildman–Crippen LogP) is 2.24. The van der Waals surface area contributed by atoms with Gasteiger partial charge in [-0.2, -0.15) is 0 Å². The number of benzene rings is 2. The lowest BCUT2D eigenvalue weighted by Gasteiger charge is -2.36. The molecular formula is C20H26N4O3S. The number of nitrogens with two attached hydrogens (primary N) is 1. The summed E-state index contributed by atoms with van der Waals surface area (Å²) in [5, 5.41) is 8.13. The number of sulfonamides is 1. The number of urea groups is 1. The van der Waals surface area contributed by atoms with Crippen LogP contribution in [0.2, 0.25) is 0 Å². The van der Waals surface area contributed by atoms with Crippen molar-refractivity contribution in [2.75, 3.05) is 31.1 Å². The minimum Gasteiger partial charge on any atom is -0.368 e. The molecule has 2 amide bonds. The van der Waals surface area contributed by atoms with Gasteiger partial charge >= 0.3 is 6.03 Å². The van der Waals surface area contributed by atoms with Crippen LogP contribution in [0.1, 0.15) is 24.1 Å². The molecule has 3 rings (SSSR count). The molecule has 150 valence electrons. The Balaban J connectivity index is 1.58. The van der Waals surface area contributed by atoms with Gasteiger partial charge in [0.15, 0.2) is 0 Å². The van der Waals surface area contributed by atoms with E-state index in [1.807, 2.05) is 13.0 Å². The highest BCUT2D eigenvalue weighted by Gasteiger charge is 2.23. The van der Waals surface area contributed by atoms with E-state index in [-0.39, 0.29) is 17.0 Å². The Morgan fingerprint density at radius 2 is 1.75 bits per heavy atom. The third-order valence-electron chi connectivity index (χ3n) is 4.96. The lowest BCUT2D eigenvalue weighted by molar-refractivity contribution is 0.191. The third-order valence-corrected chi connectivity index (χ3v) is 5.87. The zero-order valence-electron chi connectivity index (χ0n) is 16.1. The quantitative estimate of drug-likeness (QED) is 0.820. The first kappa shape index (κ1) is 20.2. The molecule has 1 aliphatic rings. The predicted molar refractivity (Wildman–Crippen MR) is 110 cm³/mol. The fourth-order valence-corrected chi connectivity index (χ4v) is 3.88. The van der Waals surface area contributed by atoms with Gasteiger partial charge in [0, 0.05) is 31.9 Å². The number of carbonyl (C=O) groups is 1. The van der Waals surface area contributed by atoms with Crippen molar-refractivity contribution in [1.29, 1.82) is 0 Å². The van der Waals surface area contributed by atoms with Crippen LogP contribution < -0.4 is 15.4 Å². The van der Waals surface area contributed by atoms with Crippen molar-refractivity contribution >= 4 is 21.7 Å². The molecule has 0 aromatic heterocycles.